The summed E-state index contributed by atoms with van der Waals surface area (Å²) in [5.74, 6) is 0.205. The number of rotatable bonds is 1. The predicted molar refractivity (Wildman–Crippen MR) is 76.1 cm³/mol. The molecule has 0 saturated carbocycles. The van der Waals surface area contributed by atoms with Gasteiger partial charge >= 0.3 is 0 Å². The molecule has 1 saturated heterocycles. The van der Waals surface area contributed by atoms with Crippen molar-refractivity contribution < 1.29 is 14.6 Å². The van der Waals surface area contributed by atoms with Gasteiger partial charge in [0.25, 0.3) is 0 Å². The molecule has 2 aliphatic rings. The summed E-state index contributed by atoms with van der Waals surface area (Å²) in [7, 11) is 0. The molecule has 1 spiro atoms. The van der Waals surface area contributed by atoms with Crippen molar-refractivity contribution in [1.82, 2.24) is 0 Å². The summed E-state index contributed by atoms with van der Waals surface area (Å²) in [5.41, 5.74) is 2.31. The van der Waals surface area contributed by atoms with E-state index in [2.05, 4.69) is 0 Å². The molecule has 1 N–H and O–H groups in total. The van der Waals surface area contributed by atoms with E-state index in [4.69, 9.17) is 4.74 Å². The highest BCUT2D eigenvalue weighted by atomic mass is 32.2. The van der Waals surface area contributed by atoms with Crippen molar-refractivity contribution in [3.05, 3.63) is 41.2 Å². The molecule has 1 atom stereocenters. The Morgan fingerprint density at radius 1 is 1.37 bits per heavy atom. The number of carbonyl (C=O) groups excluding carboxylic acids is 1. The third-order valence-corrected chi connectivity index (χ3v) is 5.08. The molecule has 4 heteroatoms. The van der Waals surface area contributed by atoms with E-state index >= 15 is 0 Å². The Balaban J connectivity index is 2.09. The number of aliphatic hydroxyl groups excluding tert-OH is 1. The van der Waals surface area contributed by atoms with Gasteiger partial charge in [0.1, 0.15) is 10.5 Å². The maximum absolute atomic E-state index is 12.3. The minimum absolute atomic E-state index is 0.0442. The highest BCUT2D eigenvalue weighted by Gasteiger charge is 2.48. The standard InChI is InChI=1S/C15H16O3S/c1-10-5-2-3-6-11(10)12-13(16)15(19-14(12)17)7-4-8-18-9-15/h2-3,5-6,16H,4,7-9H2,1H3. The molecule has 0 bridgehead atoms. The normalized spacial score (nSPS) is 27.3. The van der Waals surface area contributed by atoms with Gasteiger partial charge in [0.2, 0.25) is 5.12 Å². The monoisotopic (exact) mass is 276 g/mol. The lowest BCUT2D eigenvalue weighted by atomic mass is 9.92. The summed E-state index contributed by atoms with van der Waals surface area (Å²) in [6, 6.07) is 7.67. The number of aryl methyl sites for hydroxylation is 1. The summed E-state index contributed by atoms with van der Waals surface area (Å²) < 4.78 is 4.92. The van der Waals surface area contributed by atoms with Crippen molar-refractivity contribution in [2.75, 3.05) is 13.2 Å². The fourth-order valence-corrected chi connectivity index (χ4v) is 3.98. The van der Waals surface area contributed by atoms with Crippen LogP contribution < -0.4 is 0 Å². The molecular weight excluding hydrogens is 260 g/mol. The molecule has 0 aromatic heterocycles. The predicted octanol–water partition coefficient (Wildman–Crippen LogP) is 3.09. The molecule has 0 radical (unpaired) electrons. The van der Waals surface area contributed by atoms with Crippen LogP contribution in [0.3, 0.4) is 0 Å². The van der Waals surface area contributed by atoms with E-state index in [0.29, 0.717) is 18.8 Å². The van der Waals surface area contributed by atoms with Crippen LogP contribution in [0.4, 0.5) is 0 Å². The molecule has 2 heterocycles. The van der Waals surface area contributed by atoms with Gasteiger partial charge in [-0.1, -0.05) is 36.0 Å². The summed E-state index contributed by atoms with van der Waals surface area (Å²) in [4.78, 5) is 12.3. The molecule has 0 amide bonds. The molecule has 1 aromatic rings. The Labute approximate surface area is 116 Å². The lowest BCUT2D eigenvalue weighted by molar-refractivity contribution is -0.106. The highest BCUT2D eigenvalue weighted by Crippen LogP contribution is 2.50. The number of benzene rings is 1. The minimum atomic E-state index is -0.549. The first kappa shape index (κ1) is 12.8. The summed E-state index contributed by atoms with van der Waals surface area (Å²) in [5, 5.41) is 10.5. The van der Waals surface area contributed by atoms with Crippen LogP contribution >= 0.6 is 11.8 Å². The number of hydrogen-bond donors (Lipinski definition) is 1. The molecule has 1 aromatic carbocycles. The first-order valence-corrected chi connectivity index (χ1v) is 7.26. The Kier molecular flexibility index (Phi) is 3.15. The topological polar surface area (TPSA) is 46.5 Å². The summed E-state index contributed by atoms with van der Waals surface area (Å²) in [6.45, 7) is 3.09. The average Bonchev–Trinajstić information content (AvgIpc) is 2.63. The van der Waals surface area contributed by atoms with Gasteiger partial charge in [-0.25, -0.2) is 0 Å². The molecule has 2 aliphatic heterocycles. The van der Waals surface area contributed by atoms with E-state index in [-0.39, 0.29) is 10.9 Å². The molecule has 3 nitrogen and oxygen atoms in total. The van der Waals surface area contributed by atoms with Crippen LogP contribution in [0.5, 0.6) is 0 Å². The van der Waals surface area contributed by atoms with E-state index < -0.39 is 4.75 Å². The van der Waals surface area contributed by atoms with Gasteiger partial charge in [0.05, 0.1) is 12.2 Å². The van der Waals surface area contributed by atoms with Crippen LogP contribution in [-0.2, 0) is 9.53 Å². The van der Waals surface area contributed by atoms with Gasteiger partial charge < -0.3 is 9.84 Å². The first-order chi connectivity index (χ1) is 9.14. The van der Waals surface area contributed by atoms with Crippen molar-refractivity contribution in [2.45, 2.75) is 24.5 Å². The Morgan fingerprint density at radius 3 is 2.84 bits per heavy atom. The fraction of sp³-hybridized carbons (Fsp3) is 0.400. The number of thioether (sulfide) groups is 1. The Hall–Kier alpha value is -1.26. The molecule has 100 valence electrons. The second kappa shape index (κ2) is 4.69. The van der Waals surface area contributed by atoms with Crippen LogP contribution in [0, 0.1) is 6.92 Å². The zero-order chi connectivity index (χ0) is 13.5. The highest BCUT2D eigenvalue weighted by molar-refractivity contribution is 8.16. The lowest BCUT2D eigenvalue weighted by Gasteiger charge is -2.31. The molecule has 3 rings (SSSR count). The SMILES string of the molecule is Cc1ccccc1C1=C(O)C2(CCCOC2)SC1=O. The van der Waals surface area contributed by atoms with Crippen LogP contribution in [0.15, 0.2) is 30.0 Å². The largest absolute Gasteiger partial charge is 0.510 e. The van der Waals surface area contributed by atoms with Crippen LogP contribution in [0.25, 0.3) is 5.57 Å². The molecule has 0 aliphatic carbocycles. The molecule has 19 heavy (non-hydrogen) atoms. The number of ether oxygens (including phenoxy) is 1. The smallest absolute Gasteiger partial charge is 0.224 e. The molecule has 1 fully saturated rings. The minimum Gasteiger partial charge on any atom is -0.510 e. The van der Waals surface area contributed by atoms with Gasteiger partial charge in [-0.2, -0.15) is 0 Å². The first-order valence-electron chi connectivity index (χ1n) is 6.45. The van der Waals surface area contributed by atoms with Crippen molar-refractivity contribution in [1.29, 1.82) is 0 Å². The molecular formula is C15H16O3S. The van der Waals surface area contributed by atoms with Crippen molar-refractivity contribution in [3.63, 3.8) is 0 Å². The number of carbonyl (C=O) groups is 1. The lowest BCUT2D eigenvalue weighted by Crippen LogP contribution is -2.35. The zero-order valence-electron chi connectivity index (χ0n) is 10.8. The third kappa shape index (κ3) is 1.99. The Bertz CT molecular complexity index is 556. The molecule has 1 unspecified atom stereocenters. The van der Waals surface area contributed by atoms with Gasteiger partial charge in [0, 0.05) is 6.61 Å². The van der Waals surface area contributed by atoms with E-state index in [9.17, 15) is 9.90 Å². The zero-order valence-corrected chi connectivity index (χ0v) is 11.6. The van der Waals surface area contributed by atoms with Crippen molar-refractivity contribution >= 4 is 22.5 Å². The second-order valence-corrected chi connectivity index (χ2v) is 6.43. The van der Waals surface area contributed by atoms with E-state index in [1.165, 1.54) is 11.8 Å². The van der Waals surface area contributed by atoms with Crippen LogP contribution in [0.2, 0.25) is 0 Å². The van der Waals surface area contributed by atoms with Gasteiger partial charge in [-0.05, 0) is 30.9 Å². The van der Waals surface area contributed by atoms with Crippen molar-refractivity contribution in [3.8, 4) is 0 Å². The second-order valence-electron chi connectivity index (χ2n) is 5.08. The maximum atomic E-state index is 12.3. The number of hydrogen-bond acceptors (Lipinski definition) is 4. The van der Waals surface area contributed by atoms with Gasteiger partial charge in [-0.3, -0.25) is 4.79 Å². The van der Waals surface area contributed by atoms with Gasteiger partial charge in [0.15, 0.2) is 0 Å². The maximum Gasteiger partial charge on any atom is 0.224 e. The van der Waals surface area contributed by atoms with Crippen molar-refractivity contribution in [2.24, 2.45) is 0 Å². The third-order valence-electron chi connectivity index (χ3n) is 3.78. The summed E-state index contributed by atoms with van der Waals surface area (Å²) in [6.07, 6.45) is 1.68. The van der Waals surface area contributed by atoms with Gasteiger partial charge in [-0.15, -0.1) is 0 Å². The average molecular weight is 276 g/mol. The van der Waals surface area contributed by atoms with Crippen LogP contribution in [-0.4, -0.2) is 28.2 Å². The number of aliphatic hydroxyl groups is 1. The quantitative estimate of drug-likeness (QED) is 0.856. The van der Waals surface area contributed by atoms with E-state index in [1.54, 1.807) is 0 Å². The van der Waals surface area contributed by atoms with E-state index in [1.807, 2.05) is 31.2 Å². The Morgan fingerprint density at radius 2 is 2.16 bits per heavy atom. The van der Waals surface area contributed by atoms with Crippen LogP contribution in [0.1, 0.15) is 24.0 Å². The fourth-order valence-electron chi connectivity index (χ4n) is 2.73. The summed E-state index contributed by atoms with van der Waals surface area (Å²) >= 11 is 1.22. The van der Waals surface area contributed by atoms with E-state index in [0.717, 1.165) is 24.0 Å².